The zero-order valence-electron chi connectivity index (χ0n) is 14.8. The summed E-state index contributed by atoms with van der Waals surface area (Å²) in [7, 11) is 0. The van der Waals surface area contributed by atoms with Crippen molar-refractivity contribution in [3.63, 3.8) is 0 Å². The monoisotopic (exact) mass is 457 g/mol. The van der Waals surface area contributed by atoms with Crippen LogP contribution in [0.25, 0.3) is 21.3 Å². The van der Waals surface area contributed by atoms with Crippen molar-refractivity contribution in [3.8, 4) is 11.1 Å². The Bertz CT molecular complexity index is 1210. The number of anilines is 1. The van der Waals surface area contributed by atoms with Gasteiger partial charge >= 0.3 is 0 Å². The second-order valence-electron chi connectivity index (χ2n) is 6.08. The van der Waals surface area contributed by atoms with Gasteiger partial charge in [0.1, 0.15) is 5.52 Å². The van der Waals surface area contributed by atoms with Crippen LogP contribution in [0.15, 0.2) is 66.7 Å². The van der Waals surface area contributed by atoms with Gasteiger partial charge in [-0.05, 0) is 47.6 Å². The van der Waals surface area contributed by atoms with E-state index in [1.54, 1.807) is 18.2 Å². The predicted molar refractivity (Wildman–Crippen MR) is 125 cm³/mol. The Balaban J connectivity index is 1.43. The van der Waals surface area contributed by atoms with Crippen LogP contribution in [0, 0.1) is 0 Å². The van der Waals surface area contributed by atoms with Gasteiger partial charge < -0.3 is 5.32 Å². The van der Waals surface area contributed by atoms with Gasteiger partial charge in [-0.2, -0.15) is 0 Å². The Morgan fingerprint density at radius 2 is 1.62 bits per heavy atom. The summed E-state index contributed by atoms with van der Waals surface area (Å²) in [5, 5.41) is 7.09. The number of thiocarbonyl (C=S) groups is 1. The van der Waals surface area contributed by atoms with Gasteiger partial charge in [-0.3, -0.25) is 10.1 Å². The van der Waals surface area contributed by atoms with Gasteiger partial charge in [-0.15, -0.1) is 0 Å². The molecule has 4 aromatic rings. The lowest BCUT2D eigenvalue weighted by molar-refractivity contribution is 0.0978. The van der Waals surface area contributed by atoms with Crippen molar-refractivity contribution in [3.05, 3.63) is 82.3 Å². The molecule has 1 amide bonds. The van der Waals surface area contributed by atoms with Crippen molar-refractivity contribution in [2.75, 3.05) is 5.32 Å². The van der Waals surface area contributed by atoms with Gasteiger partial charge in [-0.1, -0.05) is 77.0 Å². The fourth-order valence-electron chi connectivity index (χ4n) is 2.74. The molecule has 0 atom stereocenters. The summed E-state index contributed by atoms with van der Waals surface area (Å²) in [6.07, 6.45) is 0. The highest BCUT2D eigenvalue weighted by atomic mass is 35.5. The summed E-state index contributed by atoms with van der Waals surface area (Å²) < 4.78 is 0.868. The molecular formula is C21H13Cl2N3OS2. The number of aromatic nitrogens is 1. The Morgan fingerprint density at radius 1 is 0.931 bits per heavy atom. The molecule has 0 saturated carbocycles. The molecule has 0 fully saturated rings. The minimum absolute atomic E-state index is 0.156. The number of hydrogen-bond acceptors (Lipinski definition) is 4. The number of rotatable bonds is 3. The first-order valence-corrected chi connectivity index (χ1v) is 10.5. The Kier molecular flexibility index (Phi) is 5.78. The molecule has 29 heavy (non-hydrogen) atoms. The van der Waals surface area contributed by atoms with Crippen molar-refractivity contribution in [2.45, 2.75) is 0 Å². The molecule has 4 nitrogen and oxygen atoms in total. The zero-order chi connectivity index (χ0) is 20.4. The maximum atomic E-state index is 12.5. The van der Waals surface area contributed by atoms with Crippen LogP contribution in [0.2, 0.25) is 10.0 Å². The summed E-state index contributed by atoms with van der Waals surface area (Å²) in [5.74, 6) is -0.302. The van der Waals surface area contributed by atoms with Gasteiger partial charge in [0.25, 0.3) is 5.91 Å². The van der Waals surface area contributed by atoms with Gasteiger partial charge in [0, 0.05) is 5.56 Å². The molecule has 8 heteroatoms. The Morgan fingerprint density at radius 3 is 2.34 bits per heavy atom. The SMILES string of the molecule is O=C(NC(=S)Nc1nc2c(Cl)c(Cl)ccc2s1)c1ccc(-c2ccccc2)cc1. The molecule has 0 radical (unpaired) electrons. The minimum atomic E-state index is -0.302. The van der Waals surface area contributed by atoms with Crippen LogP contribution in [0.5, 0.6) is 0 Å². The molecule has 0 aliphatic heterocycles. The molecule has 144 valence electrons. The lowest BCUT2D eigenvalue weighted by Gasteiger charge is -2.08. The number of carbonyl (C=O) groups is 1. The van der Waals surface area contributed by atoms with E-state index in [2.05, 4.69) is 15.6 Å². The summed E-state index contributed by atoms with van der Waals surface area (Å²) in [6, 6.07) is 20.8. The summed E-state index contributed by atoms with van der Waals surface area (Å²) in [6.45, 7) is 0. The molecule has 0 saturated heterocycles. The molecule has 1 heterocycles. The predicted octanol–water partition coefficient (Wildman–Crippen LogP) is 6.40. The van der Waals surface area contributed by atoms with Crippen LogP contribution in [0.3, 0.4) is 0 Å². The quantitative estimate of drug-likeness (QED) is 0.349. The molecule has 0 aliphatic carbocycles. The average molecular weight is 458 g/mol. The number of hydrogen-bond donors (Lipinski definition) is 2. The first-order chi connectivity index (χ1) is 14.0. The third-order valence-corrected chi connectivity index (χ3v) is 6.09. The van der Waals surface area contributed by atoms with E-state index in [1.807, 2.05) is 48.5 Å². The summed E-state index contributed by atoms with van der Waals surface area (Å²) >= 11 is 18.8. The van der Waals surface area contributed by atoms with E-state index in [9.17, 15) is 4.79 Å². The molecule has 0 aliphatic rings. The first kappa shape index (κ1) is 19.8. The second-order valence-corrected chi connectivity index (χ2v) is 8.30. The standard InChI is InChI=1S/C21H13Cl2N3OS2/c22-15-10-11-16-18(17(15)23)24-21(29-16)26-20(28)25-19(27)14-8-6-13(7-9-14)12-4-2-1-3-5-12/h1-11H,(H2,24,25,26,27,28). The van der Waals surface area contributed by atoms with E-state index in [-0.39, 0.29) is 11.0 Å². The van der Waals surface area contributed by atoms with Crippen molar-refractivity contribution >= 4 is 73.1 Å². The van der Waals surface area contributed by atoms with Crippen LogP contribution in [0.4, 0.5) is 5.13 Å². The molecule has 1 aromatic heterocycles. The lowest BCUT2D eigenvalue weighted by atomic mass is 10.0. The topological polar surface area (TPSA) is 54.0 Å². The number of thiazole rings is 1. The van der Waals surface area contributed by atoms with Gasteiger partial charge in [0.2, 0.25) is 0 Å². The molecule has 2 N–H and O–H groups in total. The van der Waals surface area contributed by atoms with Crippen LogP contribution in [-0.2, 0) is 0 Å². The molecule has 0 bridgehead atoms. The lowest BCUT2D eigenvalue weighted by Crippen LogP contribution is -2.34. The van der Waals surface area contributed by atoms with Gasteiger partial charge in [0.15, 0.2) is 10.2 Å². The Labute approximate surface area is 186 Å². The fourth-order valence-corrected chi connectivity index (χ4v) is 4.29. The van der Waals surface area contributed by atoms with Crippen molar-refractivity contribution in [2.24, 2.45) is 0 Å². The van der Waals surface area contributed by atoms with Gasteiger partial charge in [-0.25, -0.2) is 4.98 Å². The van der Waals surface area contributed by atoms with E-state index in [1.165, 1.54) is 11.3 Å². The highest BCUT2D eigenvalue weighted by Crippen LogP contribution is 2.35. The Hall–Kier alpha value is -2.51. The summed E-state index contributed by atoms with van der Waals surface area (Å²) in [5.41, 5.74) is 3.23. The number of carbonyl (C=O) groups excluding carboxylic acids is 1. The van der Waals surface area contributed by atoms with E-state index in [0.29, 0.717) is 26.3 Å². The first-order valence-electron chi connectivity index (χ1n) is 8.53. The summed E-state index contributed by atoms with van der Waals surface area (Å²) in [4.78, 5) is 16.9. The largest absolute Gasteiger partial charge is 0.308 e. The van der Waals surface area contributed by atoms with Crippen molar-refractivity contribution in [1.82, 2.24) is 10.3 Å². The van der Waals surface area contributed by atoms with Crippen LogP contribution < -0.4 is 10.6 Å². The minimum Gasteiger partial charge on any atom is -0.308 e. The third kappa shape index (κ3) is 4.41. The maximum absolute atomic E-state index is 12.5. The maximum Gasteiger partial charge on any atom is 0.257 e. The average Bonchev–Trinajstić information content (AvgIpc) is 3.14. The second kappa shape index (κ2) is 8.47. The number of halogens is 2. The molecule has 0 unspecified atom stereocenters. The van der Waals surface area contributed by atoms with Crippen molar-refractivity contribution in [1.29, 1.82) is 0 Å². The molecule has 0 spiro atoms. The number of amides is 1. The normalized spacial score (nSPS) is 10.7. The molecule has 3 aromatic carbocycles. The van der Waals surface area contributed by atoms with E-state index < -0.39 is 0 Å². The van der Waals surface area contributed by atoms with Crippen molar-refractivity contribution < 1.29 is 4.79 Å². The van der Waals surface area contributed by atoms with Crippen LogP contribution >= 0.6 is 46.8 Å². The molecular weight excluding hydrogens is 445 g/mol. The van der Waals surface area contributed by atoms with Crippen LogP contribution in [-0.4, -0.2) is 16.0 Å². The highest BCUT2D eigenvalue weighted by Gasteiger charge is 2.13. The van der Waals surface area contributed by atoms with E-state index >= 15 is 0 Å². The number of nitrogens with one attached hydrogen (secondary N) is 2. The zero-order valence-corrected chi connectivity index (χ0v) is 17.9. The molecule has 4 rings (SSSR count). The highest BCUT2D eigenvalue weighted by molar-refractivity contribution is 7.80. The van der Waals surface area contributed by atoms with Gasteiger partial charge in [0.05, 0.1) is 14.7 Å². The number of fused-ring (bicyclic) bond motifs is 1. The number of nitrogens with zero attached hydrogens (tertiary/aromatic N) is 1. The van der Waals surface area contributed by atoms with Crippen LogP contribution in [0.1, 0.15) is 10.4 Å². The third-order valence-electron chi connectivity index (χ3n) is 4.15. The fraction of sp³-hybridized carbons (Fsp3) is 0. The van der Waals surface area contributed by atoms with E-state index in [4.69, 9.17) is 35.4 Å². The number of benzene rings is 3. The van der Waals surface area contributed by atoms with E-state index in [0.717, 1.165) is 15.8 Å². The smallest absolute Gasteiger partial charge is 0.257 e.